The molecule has 5 rings (SSSR count). The van der Waals surface area contributed by atoms with Crippen molar-refractivity contribution in [3.05, 3.63) is 141 Å². The van der Waals surface area contributed by atoms with Crippen LogP contribution in [0.25, 0.3) is 23.1 Å². The third-order valence-electron chi connectivity index (χ3n) is 7.28. The van der Waals surface area contributed by atoms with Crippen LogP contribution in [0.5, 0.6) is 0 Å². The van der Waals surface area contributed by atoms with Gasteiger partial charge >= 0.3 is 5.97 Å². The van der Waals surface area contributed by atoms with Crippen LogP contribution in [0, 0.1) is 0 Å². The highest BCUT2D eigenvalue weighted by Gasteiger charge is 2.17. The van der Waals surface area contributed by atoms with E-state index in [2.05, 4.69) is 16.9 Å². The van der Waals surface area contributed by atoms with Gasteiger partial charge in [0.2, 0.25) is 10.0 Å². The van der Waals surface area contributed by atoms with Crippen LogP contribution in [0.3, 0.4) is 0 Å². The molecule has 0 saturated carbocycles. The number of thioether (sulfide) groups is 1. The molecule has 1 aromatic heterocycles. The Morgan fingerprint density at radius 3 is 2.37 bits per heavy atom. The molecule has 4 aromatic carbocycles. The first-order valence-electron chi connectivity index (χ1n) is 14.5. The molecule has 5 aromatic rings. The van der Waals surface area contributed by atoms with Gasteiger partial charge in [0, 0.05) is 33.0 Å². The molecule has 0 saturated heterocycles. The maximum atomic E-state index is 12.9. The lowest BCUT2D eigenvalue weighted by Gasteiger charge is -2.18. The Morgan fingerprint density at radius 1 is 0.891 bits per heavy atom. The highest BCUT2D eigenvalue weighted by molar-refractivity contribution is 7.98. The lowest BCUT2D eigenvalue weighted by atomic mass is 10.1. The second-order valence-electron chi connectivity index (χ2n) is 10.6. The number of ether oxygens (including phenoxy) is 1. The second kappa shape index (κ2) is 15.8. The summed E-state index contributed by atoms with van der Waals surface area (Å²) in [7, 11) is -2.31. The van der Waals surface area contributed by atoms with Crippen LogP contribution in [-0.2, 0) is 31.7 Å². The molecule has 236 valence electrons. The van der Waals surface area contributed by atoms with Gasteiger partial charge in [0.15, 0.2) is 0 Å². The highest BCUT2D eigenvalue weighted by atomic mass is 35.5. The first-order chi connectivity index (χ1) is 22.2. The van der Waals surface area contributed by atoms with Crippen LogP contribution >= 0.6 is 35.0 Å². The predicted molar refractivity (Wildman–Crippen MR) is 190 cm³/mol. The summed E-state index contributed by atoms with van der Waals surface area (Å²) in [6.07, 6.45) is 4.78. The lowest BCUT2D eigenvalue weighted by molar-refractivity contribution is -0.139. The number of carbonyl (C=O) groups excluding carboxylic acids is 1. The standard InChI is InChI=1S/C36H32Cl2N2O4S2/c1-44-36(41)22-26-5-7-27(8-6-26)24-45-35(19-20-39-46(42,43)33-17-13-30(37)14-18-33)29-4-2-3-25(21-29)9-15-32-16-11-28-10-12-31(38)23-34(28)40-32/h2-18,21,23,35,39H,19-20,22,24H2,1H3/b15-9+. The number of methoxy groups -OCH3 is 1. The summed E-state index contributed by atoms with van der Waals surface area (Å²) in [4.78, 5) is 16.5. The van der Waals surface area contributed by atoms with E-state index in [9.17, 15) is 13.2 Å². The van der Waals surface area contributed by atoms with Crippen LogP contribution in [0.2, 0.25) is 10.0 Å². The molecule has 1 N–H and O–H groups in total. The van der Waals surface area contributed by atoms with Crippen molar-refractivity contribution in [1.29, 1.82) is 0 Å². The molecule has 0 aliphatic rings. The normalized spacial score (nSPS) is 12.4. The van der Waals surface area contributed by atoms with Crippen LogP contribution in [0.1, 0.15) is 39.6 Å². The molecular weight excluding hydrogens is 659 g/mol. The molecule has 6 nitrogen and oxygen atoms in total. The number of pyridine rings is 1. The molecule has 10 heteroatoms. The van der Waals surface area contributed by atoms with Gasteiger partial charge in [-0.1, -0.05) is 89.9 Å². The number of nitrogens with zero attached hydrogens (tertiary/aromatic N) is 1. The van der Waals surface area contributed by atoms with Gasteiger partial charge in [-0.2, -0.15) is 0 Å². The molecule has 1 atom stereocenters. The van der Waals surface area contributed by atoms with Gasteiger partial charge in [-0.3, -0.25) is 4.79 Å². The summed E-state index contributed by atoms with van der Waals surface area (Å²) in [6, 6.07) is 31.9. The van der Waals surface area contributed by atoms with Gasteiger partial charge in [0.1, 0.15) is 0 Å². The minimum Gasteiger partial charge on any atom is -0.469 e. The number of hydrogen-bond acceptors (Lipinski definition) is 6. The molecule has 0 aliphatic carbocycles. The fraction of sp³-hybridized carbons (Fsp3) is 0.167. The Hall–Kier alpha value is -3.66. The fourth-order valence-corrected chi connectivity index (χ4v) is 7.35. The summed E-state index contributed by atoms with van der Waals surface area (Å²) in [6.45, 7) is 0.254. The third-order valence-corrected chi connectivity index (χ3v) is 10.7. The number of aromatic nitrogens is 1. The largest absolute Gasteiger partial charge is 0.469 e. The minimum atomic E-state index is -3.69. The first kappa shape index (κ1) is 33.7. The number of esters is 1. The second-order valence-corrected chi connectivity index (χ2v) is 14.4. The molecule has 0 spiro atoms. The number of halogens is 2. The fourth-order valence-electron chi connectivity index (χ4n) is 4.80. The summed E-state index contributed by atoms with van der Waals surface area (Å²) >= 11 is 13.8. The van der Waals surface area contributed by atoms with Gasteiger partial charge in [-0.15, -0.1) is 11.8 Å². The summed E-state index contributed by atoms with van der Waals surface area (Å²) in [5, 5.41) is 2.14. The van der Waals surface area contributed by atoms with Crippen molar-refractivity contribution in [2.75, 3.05) is 13.7 Å². The van der Waals surface area contributed by atoms with Crippen molar-refractivity contribution < 1.29 is 17.9 Å². The average molecular weight is 692 g/mol. The molecule has 0 bridgehead atoms. The lowest BCUT2D eigenvalue weighted by Crippen LogP contribution is -2.25. The molecule has 0 aliphatic heterocycles. The average Bonchev–Trinajstić information content (AvgIpc) is 3.06. The van der Waals surface area contributed by atoms with Gasteiger partial charge in [-0.25, -0.2) is 18.1 Å². The predicted octanol–water partition coefficient (Wildman–Crippen LogP) is 8.77. The molecule has 1 heterocycles. The van der Waals surface area contributed by atoms with Gasteiger partial charge in [0.25, 0.3) is 0 Å². The third kappa shape index (κ3) is 9.44. The van der Waals surface area contributed by atoms with E-state index in [0.29, 0.717) is 22.2 Å². The van der Waals surface area contributed by atoms with E-state index in [0.717, 1.165) is 38.9 Å². The van der Waals surface area contributed by atoms with Gasteiger partial charge in [0.05, 0.1) is 29.6 Å². The quantitative estimate of drug-likeness (QED) is 0.124. The zero-order valence-electron chi connectivity index (χ0n) is 25.0. The number of fused-ring (bicyclic) bond motifs is 1. The number of rotatable bonds is 13. The zero-order chi connectivity index (χ0) is 32.5. The monoisotopic (exact) mass is 690 g/mol. The number of hydrogen-bond donors (Lipinski definition) is 1. The van der Waals surface area contributed by atoms with E-state index >= 15 is 0 Å². The Labute approximate surface area is 283 Å². The van der Waals surface area contributed by atoms with Crippen molar-refractivity contribution in [1.82, 2.24) is 9.71 Å². The van der Waals surface area contributed by atoms with Gasteiger partial charge < -0.3 is 4.74 Å². The van der Waals surface area contributed by atoms with Crippen LogP contribution in [0.4, 0.5) is 0 Å². The molecular formula is C36H32Cl2N2O4S2. The maximum Gasteiger partial charge on any atom is 0.309 e. The Kier molecular flexibility index (Phi) is 11.5. The van der Waals surface area contributed by atoms with E-state index in [1.807, 2.05) is 78.9 Å². The zero-order valence-corrected chi connectivity index (χ0v) is 28.2. The van der Waals surface area contributed by atoms with E-state index in [1.165, 1.54) is 19.2 Å². The number of carbonyl (C=O) groups is 1. The van der Waals surface area contributed by atoms with E-state index in [1.54, 1.807) is 23.9 Å². The highest BCUT2D eigenvalue weighted by Crippen LogP contribution is 2.35. The van der Waals surface area contributed by atoms with Crippen molar-refractivity contribution in [3.8, 4) is 0 Å². The molecule has 46 heavy (non-hydrogen) atoms. The van der Waals surface area contributed by atoms with Gasteiger partial charge in [-0.05, 0) is 77.2 Å². The summed E-state index contributed by atoms with van der Waals surface area (Å²) in [5.74, 6) is 0.425. The van der Waals surface area contributed by atoms with E-state index < -0.39 is 10.0 Å². The van der Waals surface area contributed by atoms with E-state index in [-0.39, 0.29) is 29.1 Å². The van der Waals surface area contributed by atoms with Crippen molar-refractivity contribution >= 4 is 74.0 Å². The topological polar surface area (TPSA) is 85.4 Å². The van der Waals surface area contributed by atoms with Crippen molar-refractivity contribution in [2.45, 2.75) is 28.7 Å². The number of nitrogens with one attached hydrogen (secondary N) is 1. The van der Waals surface area contributed by atoms with Crippen LogP contribution in [0.15, 0.2) is 108 Å². The van der Waals surface area contributed by atoms with Crippen LogP contribution < -0.4 is 4.72 Å². The number of benzene rings is 4. The molecule has 0 fully saturated rings. The Morgan fingerprint density at radius 2 is 1.61 bits per heavy atom. The summed E-state index contributed by atoms with van der Waals surface area (Å²) < 4.78 is 33.4. The molecule has 1 unspecified atom stereocenters. The van der Waals surface area contributed by atoms with Crippen molar-refractivity contribution in [3.63, 3.8) is 0 Å². The Balaban J connectivity index is 1.32. The summed E-state index contributed by atoms with van der Waals surface area (Å²) in [5.41, 5.74) is 5.72. The first-order valence-corrected chi connectivity index (χ1v) is 17.8. The van der Waals surface area contributed by atoms with Crippen LogP contribution in [-0.4, -0.2) is 33.0 Å². The maximum absolute atomic E-state index is 12.9. The number of sulfonamides is 1. The Bertz CT molecular complexity index is 1950. The minimum absolute atomic E-state index is 0.00282. The SMILES string of the molecule is COC(=O)Cc1ccc(CSC(CCNS(=O)(=O)c2ccc(Cl)cc2)c2cccc(/C=C/c3ccc4ccc(Cl)cc4n3)c2)cc1. The van der Waals surface area contributed by atoms with E-state index in [4.69, 9.17) is 32.9 Å². The van der Waals surface area contributed by atoms with Crippen molar-refractivity contribution in [2.24, 2.45) is 0 Å². The smallest absolute Gasteiger partial charge is 0.309 e. The molecule has 0 radical (unpaired) electrons. The molecule has 0 amide bonds.